The van der Waals surface area contributed by atoms with Gasteiger partial charge in [0.2, 0.25) is 11.8 Å². The van der Waals surface area contributed by atoms with E-state index < -0.39 is 17.9 Å². The number of pyridine rings is 2. The lowest BCUT2D eigenvalue weighted by Gasteiger charge is -2.37. The summed E-state index contributed by atoms with van der Waals surface area (Å²) in [6.07, 6.45) is 6.37. The number of aromatic hydroxyl groups is 1. The van der Waals surface area contributed by atoms with Crippen LogP contribution in [0.3, 0.4) is 0 Å². The van der Waals surface area contributed by atoms with Gasteiger partial charge in [-0.3, -0.25) is 4.98 Å². The van der Waals surface area contributed by atoms with Gasteiger partial charge >= 0.3 is 0 Å². The standard InChI is InChI=1S/C20H19F2N5O/c21-16-6-5-14(16)15(18-17(22)4-2-7-23-18)11-27-20-25-9-12(10-26-20)13-3-1-8-24-19(13)28/h1-4,7-10,14-16H,5-6,11H2,(H,24,28)(H,25,26,27)/t14?,15-,16-/m0/s1. The highest BCUT2D eigenvalue weighted by Gasteiger charge is 2.39. The van der Waals surface area contributed by atoms with Crippen molar-refractivity contribution < 1.29 is 13.9 Å². The first kappa shape index (κ1) is 18.2. The molecular weight excluding hydrogens is 364 g/mol. The third-order valence-corrected chi connectivity index (χ3v) is 5.12. The van der Waals surface area contributed by atoms with Crippen LogP contribution in [-0.4, -0.2) is 37.8 Å². The Hall–Kier alpha value is -3.16. The Kier molecular flexibility index (Phi) is 5.10. The van der Waals surface area contributed by atoms with Crippen LogP contribution < -0.4 is 5.32 Å². The maximum Gasteiger partial charge on any atom is 0.222 e. The number of aromatic nitrogens is 4. The van der Waals surface area contributed by atoms with Gasteiger partial charge in [-0.15, -0.1) is 0 Å². The van der Waals surface area contributed by atoms with E-state index in [1.54, 1.807) is 24.5 Å². The van der Waals surface area contributed by atoms with Crippen molar-refractivity contribution in [2.45, 2.75) is 24.9 Å². The summed E-state index contributed by atoms with van der Waals surface area (Å²) in [7, 11) is 0. The van der Waals surface area contributed by atoms with Gasteiger partial charge in [0.05, 0.1) is 5.69 Å². The van der Waals surface area contributed by atoms with Gasteiger partial charge in [0.1, 0.15) is 12.0 Å². The first-order valence-electron chi connectivity index (χ1n) is 9.08. The molecule has 1 saturated carbocycles. The molecule has 0 bridgehead atoms. The van der Waals surface area contributed by atoms with E-state index in [0.717, 1.165) is 0 Å². The fraction of sp³-hybridized carbons (Fsp3) is 0.300. The molecule has 0 radical (unpaired) electrons. The molecule has 8 heteroatoms. The highest BCUT2D eigenvalue weighted by atomic mass is 19.1. The summed E-state index contributed by atoms with van der Waals surface area (Å²) >= 11 is 0. The molecule has 0 aliphatic heterocycles. The molecule has 4 rings (SSSR count). The molecule has 3 aromatic heterocycles. The van der Waals surface area contributed by atoms with Gasteiger partial charge in [-0.2, -0.15) is 0 Å². The second-order valence-electron chi connectivity index (χ2n) is 6.78. The monoisotopic (exact) mass is 383 g/mol. The van der Waals surface area contributed by atoms with Crippen LogP contribution in [0.4, 0.5) is 14.7 Å². The van der Waals surface area contributed by atoms with Crippen molar-refractivity contribution >= 4 is 5.95 Å². The van der Waals surface area contributed by atoms with E-state index in [1.165, 1.54) is 24.5 Å². The smallest absolute Gasteiger partial charge is 0.222 e. The van der Waals surface area contributed by atoms with Crippen molar-refractivity contribution in [2.24, 2.45) is 5.92 Å². The third kappa shape index (κ3) is 3.62. The zero-order valence-corrected chi connectivity index (χ0v) is 15.0. The molecule has 2 N–H and O–H groups in total. The van der Waals surface area contributed by atoms with E-state index in [4.69, 9.17) is 0 Å². The van der Waals surface area contributed by atoms with Crippen molar-refractivity contribution in [1.82, 2.24) is 19.9 Å². The summed E-state index contributed by atoms with van der Waals surface area (Å²) in [5.74, 6) is -0.879. The van der Waals surface area contributed by atoms with Crippen LogP contribution >= 0.6 is 0 Å². The maximum atomic E-state index is 14.2. The van der Waals surface area contributed by atoms with Gasteiger partial charge in [0.15, 0.2) is 0 Å². The third-order valence-electron chi connectivity index (χ3n) is 5.12. The highest BCUT2D eigenvalue weighted by molar-refractivity contribution is 5.66. The first-order valence-corrected chi connectivity index (χ1v) is 9.08. The number of nitrogens with zero attached hydrogens (tertiary/aromatic N) is 4. The Bertz CT molecular complexity index is 953. The van der Waals surface area contributed by atoms with Crippen LogP contribution in [0.1, 0.15) is 24.5 Å². The Morgan fingerprint density at radius 3 is 2.46 bits per heavy atom. The largest absolute Gasteiger partial charge is 0.493 e. The molecule has 144 valence electrons. The molecule has 0 amide bonds. The maximum absolute atomic E-state index is 14.2. The molecule has 3 heterocycles. The number of alkyl halides is 1. The van der Waals surface area contributed by atoms with Crippen molar-refractivity contribution in [3.8, 4) is 17.0 Å². The number of rotatable bonds is 6. The van der Waals surface area contributed by atoms with E-state index in [0.29, 0.717) is 29.9 Å². The number of hydrogen-bond donors (Lipinski definition) is 2. The predicted octanol–water partition coefficient (Wildman–Crippen LogP) is 3.72. The van der Waals surface area contributed by atoms with Gasteiger partial charge in [-0.05, 0) is 37.1 Å². The van der Waals surface area contributed by atoms with Crippen LogP contribution in [-0.2, 0) is 0 Å². The van der Waals surface area contributed by atoms with Crippen molar-refractivity contribution in [2.75, 3.05) is 11.9 Å². The number of anilines is 1. The first-order chi connectivity index (χ1) is 13.6. The average Bonchev–Trinajstić information content (AvgIpc) is 2.71. The molecule has 0 aromatic carbocycles. The van der Waals surface area contributed by atoms with E-state index in [-0.39, 0.29) is 24.0 Å². The molecule has 0 spiro atoms. The summed E-state index contributed by atoms with van der Waals surface area (Å²) in [6.45, 7) is 0.274. The van der Waals surface area contributed by atoms with E-state index in [9.17, 15) is 13.9 Å². The summed E-state index contributed by atoms with van der Waals surface area (Å²) in [5, 5.41) is 12.9. The number of nitrogens with one attached hydrogen (secondary N) is 1. The summed E-state index contributed by atoms with van der Waals surface area (Å²) in [5.41, 5.74) is 1.41. The number of halogens is 2. The number of hydrogen-bond acceptors (Lipinski definition) is 6. The van der Waals surface area contributed by atoms with Gasteiger partial charge in [0, 0.05) is 54.3 Å². The SMILES string of the molecule is Oc1ncccc1-c1cnc(NC[C@H](c2ncccc2F)C2CC[C@@H]2F)nc1. The van der Waals surface area contributed by atoms with Gasteiger partial charge in [0.25, 0.3) is 0 Å². The molecule has 1 aliphatic rings. The van der Waals surface area contributed by atoms with E-state index in [1.807, 2.05) is 0 Å². The zero-order valence-electron chi connectivity index (χ0n) is 15.0. The quantitative estimate of drug-likeness (QED) is 0.675. The van der Waals surface area contributed by atoms with Crippen molar-refractivity contribution in [3.05, 3.63) is 60.6 Å². The molecule has 3 atom stereocenters. The lowest BCUT2D eigenvalue weighted by atomic mass is 9.72. The minimum Gasteiger partial charge on any atom is -0.493 e. The Labute approximate surface area is 160 Å². The van der Waals surface area contributed by atoms with Gasteiger partial charge in [-0.1, -0.05) is 0 Å². The van der Waals surface area contributed by atoms with Crippen LogP contribution in [0, 0.1) is 11.7 Å². The summed E-state index contributed by atoms with van der Waals surface area (Å²) < 4.78 is 28.2. The van der Waals surface area contributed by atoms with Crippen LogP contribution in [0.15, 0.2) is 49.1 Å². The predicted molar refractivity (Wildman–Crippen MR) is 100.0 cm³/mol. The van der Waals surface area contributed by atoms with E-state index in [2.05, 4.69) is 25.3 Å². The van der Waals surface area contributed by atoms with E-state index >= 15 is 0 Å². The highest BCUT2D eigenvalue weighted by Crippen LogP contribution is 2.41. The molecule has 1 fully saturated rings. The van der Waals surface area contributed by atoms with Crippen molar-refractivity contribution in [1.29, 1.82) is 0 Å². The van der Waals surface area contributed by atoms with Gasteiger partial charge in [-0.25, -0.2) is 23.7 Å². The Balaban J connectivity index is 1.50. The molecular formula is C20H19F2N5O. The van der Waals surface area contributed by atoms with Crippen LogP contribution in [0.5, 0.6) is 5.88 Å². The van der Waals surface area contributed by atoms with Crippen LogP contribution in [0.25, 0.3) is 11.1 Å². The van der Waals surface area contributed by atoms with Crippen LogP contribution in [0.2, 0.25) is 0 Å². The summed E-state index contributed by atoms with van der Waals surface area (Å²) in [6, 6.07) is 6.28. The average molecular weight is 383 g/mol. The second kappa shape index (κ2) is 7.84. The molecule has 6 nitrogen and oxygen atoms in total. The van der Waals surface area contributed by atoms with Gasteiger partial charge < -0.3 is 10.4 Å². The molecule has 1 unspecified atom stereocenters. The normalized spacial score (nSPS) is 19.6. The Morgan fingerprint density at radius 2 is 1.82 bits per heavy atom. The topological polar surface area (TPSA) is 83.8 Å². The fourth-order valence-corrected chi connectivity index (χ4v) is 3.44. The fourth-order valence-electron chi connectivity index (χ4n) is 3.44. The lowest BCUT2D eigenvalue weighted by molar-refractivity contribution is 0.0894. The minimum absolute atomic E-state index is 0.100. The zero-order chi connectivity index (χ0) is 19.5. The Morgan fingerprint density at radius 1 is 1.07 bits per heavy atom. The molecule has 28 heavy (non-hydrogen) atoms. The molecule has 3 aromatic rings. The van der Waals surface area contributed by atoms with Crippen molar-refractivity contribution in [3.63, 3.8) is 0 Å². The molecule has 0 saturated heterocycles. The second-order valence-corrected chi connectivity index (χ2v) is 6.78. The summed E-state index contributed by atoms with van der Waals surface area (Å²) in [4.78, 5) is 16.4. The molecule has 1 aliphatic carbocycles. The minimum atomic E-state index is -0.954. The lowest BCUT2D eigenvalue weighted by Crippen LogP contribution is -2.37.